The summed E-state index contributed by atoms with van der Waals surface area (Å²) in [5, 5.41) is 3.76. The van der Waals surface area contributed by atoms with E-state index in [0.717, 1.165) is 24.3 Å². The first kappa shape index (κ1) is 13.6. The van der Waals surface area contributed by atoms with Crippen molar-refractivity contribution < 1.29 is 0 Å². The number of rotatable bonds is 4. The van der Waals surface area contributed by atoms with Crippen molar-refractivity contribution in [1.82, 2.24) is 5.32 Å². The van der Waals surface area contributed by atoms with Crippen molar-refractivity contribution >= 4 is 15.9 Å². The van der Waals surface area contributed by atoms with E-state index < -0.39 is 0 Å². The molecule has 2 heteroatoms. The van der Waals surface area contributed by atoms with E-state index in [1.165, 1.54) is 41.3 Å². The number of nitrogens with one attached hydrogen (secondary N) is 1. The van der Waals surface area contributed by atoms with Gasteiger partial charge in [0.05, 0.1) is 0 Å². The minimum atomic E-state index is 0.666. The van der Waals surface area contributed by atoms with E-state index in [9.17, 15) is 0 Å². The van der Waals surface area contributed by atoms with Crippen LogP contribution in [0.3, 0.4) is 0 Å². The Labute approximate surface area is 125 Å². The minimum absolute atomic E-state index is 0.666. The van der Waals surface area contributed by atoms with E-state index in [-0.39, 0.29) is 0 Å². The third-order valence-electron chi connectivity index (χ3n) is 5.29. The number of aryl methyl sites for hydroxylation is 1. The third-order valence-corrected chi connectivity index (χ3v) is 6.18. The van der Waals surface area contributed by atoms with Crippen molar-refractivity contribution in [3.05, 3.63) is 33.8 Å². The summed E-state index contributed by atoms with van der Waals surface area (Å²) in [5.41, 5.74) is 2.72. The standard InChI is InChI=1S/C17H24BrN/c1-11-7-14(4-6-17(11)18)10-19-12(2)16-9-13-3-5-15(16)8-13/h4,6-7,12-13,15-16,19H,3,5,8-10H2,1-2H3. The van der Waals surface area contributed by atoms with Crippen LogP contribution in [0, 0.1) is 24.7 Å². The van der Waals surface area contributed by atoms with Crippen molar-refractivity contribution in [3.8, 4) is 0 Å². The Bertz CT molecular complexity index is 457. The average Bonchev–Trinajstić information content (AvgIpc) is 3.02. The molecule has 2 bridgehead atoms. The summed E-state index contributed by atoms with van der Waals surface area (Å²) in [6.45, 7) is 5.55. The zero-order valence-electron chi connectivity index (χ0n) is 12.0. The highest BCUT2D eigenvalue weighted by Crippen LogP contribution is 2.49. The van der Waals surface area contributed by atoms with Gasteiger partial charge >= 0.3 is 0 Å². The number of fused-ring (bicyclic) bond motifs is 2. The highest BCUT2D eigenvalue weighted by Gasteiger charge is 2.41. The smallest absolute Gasteiger partial charge is 0.0208 e. The number of hydrogen-bond acceptors (Lipinski definition) is 1. The van der Waals surface area contributed by atoms with Crippen LogP contribution in [0.15, 0.2) is 22.7 Å². The molecule has 0 saturated heterocycles. The zero-order chi connectivity index (χ0) is 13.4. The van der Waals surface area contributed by atoms with E-state index in [1.54, 1.807) is 0 Å². The number of halogens is 1. The van der Waals surface area contributed by atoms with E-state index in [0.29, 0.717) is 6.04 Å². The molecule has 0 heterocycles. The van der Waals surface area contributed by atoms with E-state index >= 15 is 0 Å². The molecule has 0 aliphatic heterocycles. The molecule has 1 N–H and O–H groups in total. The molecule has 4 atom stereocenters. The first-order valence-corrected chi connectivity index (χ1v) is 8.41. The van der Waals surface area contributed by atoms with E-state index in [2.05, 4.69) is 53.3 Å². The summed E-state index contributed by atoms with van der Waals surface area (Å²) in [5.74, 6) is 2.99. The molecule has 1 aromatic rings. The van der Waals surface area contributed by atoms with Crippen molar-refractivity contribution in [2.75, 3.05) is 0 Å². The topological polar surface area (TPSA) is 12.0 Å². The predicted octanol–water partition coefficient (Wildman–Crippen LogP) is 4.67. The predicted molar refractivity (Wildman–Crippen MR) is 84.1 cm³/mol. The van der Waals surface area contributed by atoms with Gasteiger partial charge in [-0.25, -0.2) is 0 Å². The lowest BCUT2D eigenvalue weighted by Gasteiger charge is -2.28. The third kappa shape index (κ3) is 2.90. The Morgan fingerprint density at radius 2 is 2.16 bits per heavy atom. The molecule has 2 fully saturated rings. The molecule has 3 rings (SSSR count). The summed E-state index contributed by atoms with van der Waals surface area (Å²) in [4.78, 5) is 0. The quantitative estimate of drug-likeness (QED) is 0.849. The Hall–Kier alpha value is -0.340. The fourth-order valence-corrected chi connectivity index (χ4v) is 4.40. The van der Waals surface area contributed by atoms with Crippen molar-refractivity contribution in [2.24, 2.45) is 17.8 Å². The average molecular weight is 322 g/mol. The first-order valence-electron chi connectivity index (χ1n) is 7.62. The molecular weight excluding hydrogens is 298 g/mol. The summed E-state index contributed by atoms with van der Waals surface area (Å²) in [6, 6.07) is 7.33. The molecule has 0 aromatic heterocycles. The lowest BCUT2D eigenvalue weighted by molar-refractivity contribution is 0.259. The SMILES string of the molecule is Cc1cc(CNC(C)C2CC3CCC2C3)ccc1Br. The van der Waals surface area contributed by atoms with Crippen LogP contribution in [0.2, 0.25) is 0 Å². The molecule has 1 nitrogen and oxygen atoms in total. The summed E-state index contributed by atoms with van der Waals surface area (Å²) in [6.07, 6.45) is 5.96. The van der Waals surface area contributed by atoms with Gasteiger partial charge in [-0.2, -0.15) is 0 Å². The Kier molecular flexibility index (Phi) is 4.00. The normalized spacial score (nSPS) is 30.8. The maximum absolute atomic E-state index is 3.76. The Morgan fingerprint density at radius 3 is 2.79 bits per heavy atom. The summed E-state index contributed by atoms with van der Waals surface area (Å²) < 4.78 is 1.21. The molecule has 4 unspecified atom stereocenters. The zero-order valence-corrected chi connectivity index (χ0v) is 13.5. The maximum Gasteiger partial charge on any atom is 0.0208 e. The molecule has 104 valence electrons. The fourth-order valence-electron chi connectivity index (χ4n) is 4.15. The molecule has 1 aromatic carbocycles. The van der Waals surface area contributed by atoms with Gasteiger partial charge in [0.25, 0.3) is 0 Å². The maximum atomic E-state index is 3.76. The van der Waals surface area contributed by atoms with Crippen LogP contribution >= 0.6 is 15.9 Å². The van der Waals surface area contributed by atoms with Crippen LogP contribution in [0.5, 0.6) is 0 Å². The van der Waals surface area contributed by atoms with Crippen molar-refractivity contribution in [3.63, 3.8) is 0 Å². The van der Waals surface area contributed by atoms with Gasteiger partial charge in [0.2, 0.25) is 0 Å². The van der Waals surface area contributed by atoms with Gasteiger partial charge in [0.1, 0.15) is 0 Å². The van der Waals surface area contributed by atoms with E-state index in [4.69, 9.17) is 0 Å². The number of benzene rings is 1. The molecule has 0 radical (unpaired) electrons. The van der Waals surface area contributed by atoms with Gasteiger partial charge in [0, 0.05) is 17.1 Å². The van der Waals surface area contributed by atoms with Gasteiger partial charge in [-0.3, -0.25) is 0 Å². The van der Waals surface area contributed by atoms with Crippen molar-refractivity contribution in [1.29, 1.82) is 0 Å². The van der Waals surface area contributed by atoms with Crippen LogP contribution in [0.25, 0.3) is 0 Å². The van der Waals surface area contributed by atoms with Crippen LogP contribution < -0.4 is 5.32 Å². The second-order valence-electron chi connectivity index (χ2n) is 6.59. The van der Waals surface area contributed by atoms with Crippen LogP contribution in [0.1, 0.15) is 43.7 Å². The number of hydrogen-bond donors (Lipinski definition) is 1. The Morgan fingerprint density at radius 1 is 1.32 bits per heavy atom. The highest BCUT2D eigenvalue weighted by atomic mass is 79.9. The largest absolute Gasteiger partial charge is 0.310 e. The molecule has 2 aliphatic rings. The van der Waals surface area contributed by atoms with Gasteiger partial charge < -0.3 is 5.32 Å². The lowest BCUT2D eigenvalue weighted by Crippen LogP contribution is -2.35. The molecule has 2 aliphatic carbocycles. The molecule has 19 heavy (non-hydrogen) atoms. The van der Waals surface area contributed by atoms with Gasteiger partial charge in [-0.05, 0) is 68.1 Å². The lowest BCUT2D eigenvalue weighted by atomic mass is 9.84. The van der Waals surface area contributed by atoms with Crippen LogP contribution in [0.4, 0.5) is 0 Å². The minimum Gasteiger partial charge on any atom is -0.310 e. The van der Waals surface area contributed by atoms with Crippen LogP contribution in [-0.4, -0.2) is 6.04 Å². The second-order valence-corrected chi connectivity index (χ2v) is 7.45. The molecular formula is C17H24BrN. The molecule has 0 spiro atoms. The molecule has 0 amide bonds. The van der Waals surface area contributed by atoms with Gasteiger partial charge in [-0.1, -0.05) is 34.5 Å². The highest BCUT2D eigenvalue weighted by molar-refractivity contribution is 9.10. The van der Waals surface area contributed by atoms with E-state index in [1.807, 2.05) is 0 Å². The monoisotopic (exact) mass is 321 g/mol. The van der Waals surface area contributed by atoms with Crippen LogP contribution in [-0.2, 0) is 6.54 Å². The fraction of sp³-hybridized carbons (Fsp3) is 0.647. The Balaban J connectivity index is 1.55. The first-order chi connectivity index (χ1) is 9.13. The van der Waals surface area contributed by atoms with Gasteiger partial charge in [-0.15, -0.1) is 0 Å². The second kappa shape index (κ2) is 5.57. The van der Waals surface area contributed by atoms with Crippen molar-refractivity contribution in [2.45, 2.75) is 52.1 Å². The summed E-state index contributed by atoms with van der Waals surface area (Å²) in [7, 11) is 0. The summed E-state index contributed by atoms with van der Waals surface area (Å²) >= 11 is 3.56. The molecule has 2 saturated carbocycles. The van der Waals surface area contributed by atoms with Gasteiger partial charge in [0.15, 0.2) is 0 Å².